The second-order valence-corrected chi connectivity index (χ2v) is 4.75. The minimum absolute atomic E-state index is 0.0349. The monoisotopic (exact) mass is 221 g/mol. The summed E-state index contributed by atoms with van der Waals surface area (Å²) >= 11 is 0. The van der Waals surface area contributed by atoms with E-state index >= 15 is 0 Å². The zero-order valence-electron chi connectivity index (χ0n) is 9.79. The molecule has 0 spiro atoms. The highest BCUT2D eigenvalue weighted by atomic mass is 16.5. The van der Waals surface area contributed by atoms with Gasteiger partial charge in [-0.3, -0.25) is 4.79 Å². The third-order valence-electron chi connectivity index (χ3n) is 3.29. The van der Waals surface area contributed by atoms with Gasteiger partial charge in [0.05, 0.1) is 0 Å². The van der Waals surface area contributed by atoms with Crippen LogP contribution in [0.5, 0.6) is 0 Å². The molecule has 0 aromatic rings. The van der Waals surface area contributed by atoms with E-state index < -0.39 is 0 Å². The molecule has 1 fully saturated rings. The average Bonchev–Trinajstić information content (AvgIpc) is 3.10. The molecule has 1 heterocycles. The summed E-state index contributed by atoms with van der Waals surface area (Å²) in [6.45, 7) is 7.32. The standard InChI is InChI=1S/C13H19NO2/c1-9(2)11-5-3-10(4-6-11)8-16-13(15)12-7-14-12/h3,11-12,14H,1,4-8H2,2H3. The van der Waals surface area contributed by atoms with E-state index in [0.29, 0.717) is 12.5 Å². The van der Waals surface area contributed by atoms with Gasteiger partial charge in [0, 0.05) is 6.54 Å². The van der Waals surface area contributed by atoms with Crippen LogP contribution in [-0.4, -0.2) is 25.2 Å². The van der Waals surface area contributed by atoms with Gasteiger partial charge in [-0.25, -0.2) is 0 Å². The Kier molecular flexibility index (Phi) is 3.44. The van der Waals surface area contributed by atoms with Crippen molar-refractivity contribution in [2.75, 3.05) is 13.2 Å². The maximum Gasteiger partial charge on any atom is 0.324 e. The van der Waals surface area contributed by atoms with Crippen LogP contribution in [0.3, 0.4) is 0 Å². The number of esters is 1. The molecule has 0 saturated carbocycles. The normalized spacial score (nSPS) is 28.2. The van der Waals surface area contributed by atoms with Crippen molar-refractivity contribution in [1.29, 1.82) is 0 Å². The number of allylic oxidation sites excluding steroid dienone is 2. The molecular weight excluding hydrogens is 202 g/mol. The smallest absolute Gasteiger partial charge is 0.324 e. The molecule has 0 bridgehead atoms. The lowest BCUT2D eigenvalue weighted by Gasteiger charge is -2.21. The molecule has 3 nitrogen and oxygen atoms in total. The molecule has 88 valence electrons. The van der Waals surface area contributed by atoms with Gasteiger partial charge >= 0.3 is 5.97 Å². The zero-order valence-corrected chi connectivity index (χ0v) is 9.79. The van der Waals surface area contributed by atoms with Crippen LogP contribution >= 0.6 is 0 Å². The highest BCUT2D eigenvalue weighted by molar-refractivity contribution is 5.79. The molecule has 2 rings (SSSR count). The van der Waals surface area contributed by atoms with Crippen molar-refractivity contribution in [2.24, 2.45) is 5.92 Å². The molecule has 1 aliphatic heterocycles. The lowest BCUT2D eigenvalue weighted by molar-refractivity contribution is -0.142. The minimum atomic E-state index is -0.108. The first kappa shape index (κ1) is 11.4. The van der Waals surface area contributed by atoms with Crippen molar-refractivity contribution < 1.29 is 9.53 Å². The van der Waals surface area contributed by atoms with E-state index in [1.54, 1.807) is 0 Å². The van der Waals surface area contributed by atoms with Crippen molar-refractivity contribution in [2.45, 2.75) is 32.2 Å². The molecule has 3 heteroatoms. The van der Waals surface area contributed by atoms with Gasteiger partial charge in [0.1, 0.15) is 12.6 Å². The number of ether oxygens (including phenoxy) is 1. The molecule has 1 aliphatic carbocycles. The number of nitrogens with one attached hydrogen (secondary N) is 1. The van der Waals surface area contributed by atoms with Gasteiger partial charge in [0.2, 0.25) is 0 Å². The Bertz CT molecular complexity index is 329. The van der Waals surface area contributed by atoms with Crippen molar-refractivity contribution >= 4 is 5.97 Å². The van der Waals surface area contributed by atoms with Gasteiger partial charge < -0.3 is 10.1 Å². The Morgan fingerprint density at radius 2 is 2.44 bits per heavy atom. The van der Waals surface area contributed by atoms with Gasteiger partial charge in [-0.05, 0) is 37.7 Å². The lowest BCUT2D eigenvalue weighted by Crippen LogP contribution is -2.17. The quantitative estimate of drug-likeness (QED) is 0.447. The molecule has 2 atom stereocenters. The van der Waals surface area contributed by atoms with Crippen LogP contribution in [0.25, 0.3) is 0 Å². The van der Waals surface area contributed by atoms with Crippen LogP contribution in [0.4, 0.5) is 0 Å². The van der Waals surface area contributed by atoms with Crippen molar-refractivity contribution in [3.63, 3.8) is 0 Å². The fraction of sp³-hybridized carbons (Fsp3) is 0.615. The highest BCUT2D eigenvalue weighted by Gasteiger charge is 2.30. The maximum absolute atomic E-state index is 11.3. The topological polar surface area (TPSA) is 48.2 Å². The first-order valence-electron chi connectivity index (χ1n) is 5.90. The number of carbonyl (C=O) groups excluding carboxylic acids is 1. The van der Waals surface area contributed by atoms with Crippen LogP contribution in [0.15, 0.2) is 23.8 Å². The predicted octanol–water partition coefficient (Wildman–Crippen LogP) is 1.80. The Morgan fingerprint density at radius 1 is 1.69 bits per heavy atom. The number of hydrogen-bond acceptors (Lipinski definition) is 3. The summed E-state index contributed by atoms with van der Waals surface area (Å²) in [6.07, 6.45) is 5.42. The summed E-state index contributed by atoms with van der Waals surface area (Å²) in [5.41, 5.74) is 2.51. The molecule has 1 N–H and O–H groups in total. The number of rotatable bonds is 4. The summed E-state index contributed by atoms with van der Waals surface area (Å²) in [5, 5.41) is 2.94. The molecule has 16 heavy (non-hydrogen) atoms. The molecule has 0 aromatic carbocycles. The predicted molar refractivity (Wildman–Crippen MR) is 63.0 cm³/mol. The zero-order chi connectivity index (χ0) is 11.5. The number of carbonyl (C=O) groups is 1. The third-order valence-corrected chi connectivity index (χ3v) is 3.29. The van der Waals surface area contributed by atoms with Gasteiger partial charge in [0.25, 0.3) is 0 Å². The number of hydrogen-bond donors (Lipinski definition) is 1. The Morgan fingerprint density at radius 3 is 2.94 bits per heavy atom. The van der Waals surface area contributed by atoms with E-state index in [0.717, 1.165) is 25.8 Å². The molecule has 2 aliphatic rings. The van der Waals surface area contributed by atoms with Crippen LogP contribution in [0, 0.1) is 5.92 Å². The summed E-state index contributed by atoms with van der Waals surface area (Å²) in [7, 11) is 0. The van der Waals surface area contributed by atoms with E-state index in [2.05, 4.69) is 24.9 Å². The van der Waals surface area contributed by atoms with Gasteiger partial charge in [0.15, 0.2) is 0 Å². The average molecular weight is 221 g/mol. The fourth-order valence-electron chi connectivity index (χ4n) is 1.96. The SMILES string of the molecule is C=C(C)C1CC=C(COC(=O)C2CN2)CC1. The molecular formula is C13H19NO2. The highest BCUT2D eigenvalue weighted by Crippen LogP contribution is 2.28. The summed E-state index contributed by atoms with van der Waals surface area (Å²) in [5.74, 6) is 0.507. The molecule has 2 unspecified atom stereocenters. The first-order valence-corrected chi connectivity index (χ1v) is 5.90. The van der Waals surface area contributed by atoms with Gasteiger partial charge in [-0.15, -0.1) is 0 Å². The first-order chi connectivity index (χ1) is 7.66. The van der Waals surface area contributed by atoms with Crippen LogP contribution in [-0.2, 0) is 9.53 Å². The summed E-state index contributed by atoms with van der Waals surface area (Å²) in [4.78, 5) is 11.3. The van der Waals surface area contributed by atoms with E-state index in [1.807, 2.05) is 0 Å². The minimum Gasteiger partial charge on any atom is -0.460 e. The van der Waals surface area contributed by atoms with Crippen molar-refractivity contribution in [1.82, 2.24) is 5.32 Å². The van der Waals surface area contributed by atoms with Crippen LogP contribution in [0.1, 0.15) is 26.2 Å². The summed E-state index contributed by atoms with van der Waals surface area (Å²) < 4.78 is 5.21. The van der Waals surface area contributed by atoms with Crippen LogP contribution < -0.4 is 5.32 Å². The third kappa shape index (κ3) is 2.95. The molecule has 0 amide bonds. The Hall–Kier alpha value is -1.09. The Balaban J connectivity index is 1.74. The fourth-order valence-corrected chi connectivity index (χ4v) is 1.96. The lowest BCUT2D eigenvalue weighted by atomic mass is 9.86. The van der Waals surface area contributed by atoms with Crippen LogP contribution in [0.2, 0.25) is 0 Å². The van der Waals surface area contributed by atoms with Crippen molar-refractivity contribution in [3.05, 3.63) is 23.8 Å². The van der Waals surface area contributed by atoms with E-state index in [4.69, 9.17) is 4.74 Å². The van der Waals surface area contributed by atoms with Gasteiger partial charge in [-0.1, -0.05) is 18.2 Å². The van der Waals surface area contributed by atoms with Crippen molar-refractivity contribution in [3.8, 4) is 0 Å². The second kappa shape index (κ2) is 4.83. The van der Waals surface area contributed by atoms with E-state index in [-0.39, 0.29) is 12.0 Å². The second-order valence-electron chi connectivity index (χ2n) is 4.75. The van der Waals surface area contributed by atoms with E-state index in [9.17, 15) is 4.79 Å². The largest absolute Gasteiger partial charge is 0.460 e. The van der Waals surface area contributed by atoms with E-state index in [1.165, 1.54) is 11.1 Å². The summed E-state index contributed by atoms with van der Waals surface area (Å²) in [6, 6.07) is -0.0349. The maximum atomic E-state index is 11.3. The Labute approximate surface area is 96.6 Å². The molecule has 1 saturated heterocycles. The van der Waals surface area contributed by atoms with Gasteiger partial charge in [-0.2, -0.15) is 0 Å². The molecule has 0 aromatic heterocycles. The molecule has 0 radical (unpaired) electrons.